The van der Waals surface area contributed by atoms with Crippen molar-refractivity contribution in [1.29, 1.82) is 0 Å². The summed E-state index contributed by atoms with van der Waals surface area (Å²) < 4.78 is 0. The Morgan fingerprint density at radius 3 is 2.06 bits per heavy atom. The van der Waals surface area contributed by atoms with Gasteiger partial charge in [-0.3, -0.25) is 0 Å². The Morgan fingerprint density at radius 2 is 1.56 bits per heavy atom. The molecule has 86 valence electrons. The Balaban J connectivity index is 1.64. The minimum absolute atomic E-state index is 0.507. The lowest BCUT2D eigenvalue weighted by atomic mass is 10.0. The quantitative estimate of drug-likeness (QED) is 0.792. The fourth-order valence-corrected chi connectivity index (χ4v) is 2.69. The first-order valence-corrected chi connectivity index (χ1v) is 6.65. The van der Waals surface area contributed by atoms with Gasteiger partial charge in [0.1, 0.15) is 0 Å². The molecular weight excluding hydrogens is 194 g/mol. The Labute approximate surface area is 98.3 Å². The summed E-state index contributed by atoms with van der Waals surface area (Å²) >= 11 is 0. The first kappa shape index (κ1) is 10.3. The molecular formula is C15H21N. The fourth-order valence-electron chi connectivity index (χ4n) is 2.69. The highest BCUT2D eigenvalue weighted by Crippen LogP contribution is 2.45. The van der Waals surface area contributed by atoms with Crippen LogP contribution in [0.5, 0.6) is 0 Å². The van der Waals surface area contributed by atoms with Crippen LogP contribution in [0.25, 0.3) is 0 Å². The van der Waals surface area contributed by atoms with Gasteiger partial charge in [-0.1, -0.05) is 30.3 Å². The van der Waals surface area contributed by atoms with Crippen LogP contribution in [0.1, 0.15) is 44.2 Å². The maximum atomic E-state index is 3.86. The molecule has 0 spiro atoms. The van der Waals surface area contributed by atoms with E-state index in [0.717, 1.165) is 17.9 Å². The first-order valence-electron chi connectivity index (χ1n) is 6.65. The van der Waals surface area contributed by atoms with Crippen molar-refractivity contribution in [2.75, 3.05) is 0 Å². The van der Waals surface area contributed by atoms with E-state index in [1.807, 2.05) is 0 Å². The monoisotopic (exact) mass is 215 g/mol. The smallest absolute Gasteiger partial charge is 0.0294 e. The number of nitrogens with one attached hydrogen (secondary N) is 1. The second-order valence-electron chi connectivity index (χ2n) is 5.50. The normalized spacial score (nSPS) is 22.4. The van der Waals surface area contributed by atoms with E-state index in [1.165, 1.54) is 31.2 Å². The van der Waals surface area contributed by atoms with Crippen molar-refractivity contribution in [2.45, 2.75) is 44.7 Å². The Bertz CT molecular complexity index is 326. The van der Waals surface area contributed by atoms with Gasteiger partial charge in [-0.15, -0.1) is 0 Å². The molecule has 2 aliphatic carbocycles. The van der Waals surface area contributed by atoms with E-state index in [4.69, 9.17) is 0 Å². The number of hydrogen-bond acceptors (Lipinski definition) is 1. The topological polar surface area (TPSA) is 12.0 Å². The van der Waals surface area contributed by atoms with Gasteiger partial charge in [0, 0.05) is 12.1 Å². The van der Waals surface area contributed by atoms with Crippen molar-refractivity contribution in [2.24, 2.45) is 11.8 Å². The summed E-state index contributed by atoms with van der Waals surface area (Å²) in [7, 11) is 0. The third-order valence-corrected chi connectivity index (χ3v) is 4.00. The van der Waals surface area contributed by atoms with Crippen LogP contribution in [0.15, 0.2) is 30.3 Å². The molecule has 1 N–H and O–H groups in total. The molecule has 0 radical (unpaired) electrons. The summed E-state index contributed by atoms with van der Waals surface area (Å²) in [6.07, 6.45) is 5.82. The molecule has 1 heteroatoms. The Morgan fingerprint density at radius 1 is 1.00 bits per heavy atom. The van der Waals surface area contributed by atoms with Gasteiger partial charge in [0.2, 0.25) is 0 Å². The Kier molecular flexibility index (Phi) is 2.72. The maximum absolute atomic E-state index is 3.86. The molecule has 3 rings (SSSR count). The largest absolute Gasteiger partial charge is 0.307 e. The van der Waals surface area contributed by atoms with Gasteiger partial charge in [-0.25, -0.2) is 0 Å². The molecule has 1 atom stereocenters. The molecule has 0 aliphatic heterocycles. The molecule has 0 saturated heterocycles. The van der Waals surface area contributed by atoms with Crippen LogP contribution < -0.4 is 5.32 Å². The standard InChI is InChI=1S/C15H21N/c1-11(12-5-3-2-4-6-12)16-15(13-7-8-13)14-9-10-14/h2-6,11,13-16H,7-10H2,1H3. The minimum Gasteiger partial charge on any atom is -0.307 e. The molecule has 0 heterocycles. The van der Waals surface area contributed by atoms with E-state index in [1.54, 1.807) is 0 Å². The third-order valence-electron chi connectivity index (χ3n) is 4.00. The van der Waals surface area contributed by atoms with Gasteiger partial charge in [-0.05, 0) is 50.0 Å². The number of rotatable bonds is 5. The van der Waals surface area contributed by atoms with E-state index in [2.05, 4.69) is 42.6 Å². The lowest BCUT2D eigenvalue weighted by Gasteiger charge is -2.23. The maximum Gasteiger partial charge on any atom is 0.0294 e. The van der Waals surface area contributed by atoms with Gasteiger partial charge < -0.3 is 5.32 Å². The summed E-state index contributed by atoms with van der Waals surface area (Å²) in [4.78, 5) is 0. The molecule has 1 nitrogen and oxygen atoms in total. The predicted molar refractivity (Wildman–Crippen MR) is 67.2 cm³/mol. The summed E-state index contributed by atoms with van der Waals surface area (Å²) in [6, 6.07) is 12.1. The lowest BCUT2D eigenvalue weighted by molar-refractivity contribution is 0.377. The molecule has 2 saturated carbocycles. The second-order valence-corrected chi connectivity index (χ2v) is 5.50. The van der Waals surface area contributed by atoms with Crippen LogP contribution in [0.2, 0.25) is 0 Å². The van der Waals surface area contributed by atoms with Gasteiger partial charge in [0.15, 0.2) is 0 Å². The van der Waals surface area contributed by atoms with Gasteiger partial charge in [-0.2, -0.15) is 0 Å². The van der Waals surface area contributed by atoms with Crippen molar-refractivity contribution < 1.29 is 0 Å². The highest BCUT2D eigenvalue weighted by atomic mass is 15.0. The molecule has 1 aromatic rings. The van der Waals surface area contributed by atoms with E-state index < -0.39 is 0 Å². The van der Waals surface area contributed by atoms with Crippen LogP contribution in [0, 0.1) is 11.8 Å². The Hall–Kier alpha value is -0.820. The van der Waals surface area contributed by atoms with E-state index in [0.29, 0.717) is 6.04 Å². The number of hydrogen-bond donors (Lipinski definition) is 1. The SMILES string of the molecule is CC(NC(C1CC1)C1CC1)c1ccccc1. The average Bonchev–Trinajstić information content (AvgIpc) is 3.19. The first-order chi connectivity index (χ1) is 7.84. The summed E-state index contributed by atoms with van der Waals surface area (Å²) in [5, 5.41) is 3.86. The second kappa shape index (κ2) is 4.21. The van der Waals surface area contributed by atoms with Crippen LogP contribution in [0.3, 0.4) is 0 Å². The van der Waals surface area contributed by atoms with Crippen molar-refractivity contribution >= 4 is 0 Å². The van der Waals surface area contributed by atoms with Gasteiger partial charge >= 0.3 is 0 Å². The third kappa shape index (κ3) is 2.30. The molecule has 2 fully saturated rings. The average molecular weight is 215 g/mol. The minimum atomic E-state index is 0.507. The van der Waals surface area contributed by atoms with Gasteiger partial charge in [0.25, 0.3) is 0 Å². The zero-order chi connectivity index (χ0) is 11.0. The zero-order valence-electron chi connectivity index (χ0n) is 10.0. The van der Waals surface area contributed by atoms with Crippen molar-refractivity contribution in [1.82, 2.24) is 5.32 Å². The van der Waals surface area contributed by atoms with E-state index in [9.17, 15) is 0 Å². The number of benzene rings is 1. The van der Waals surface area contributed by atoms with Crippen LogP contribution >= 0.6 is 0 Å². The van der Waals surface area contributed by atoms with Crippen LogP contribution in [-0.4, -0.2) is 6.04 Å². The van der Waals surface area contributed by atoms with Crippen molar-refractivity contribution in [3.63, 3.8) is 0 Å². The van der Waals surface area contributed by atoms with Crippen LogP contribution in [0.4, 0.5) is 0 Å². The summed E-state index contributed by atoms with van der Waals surface area (Å²) in [5.41, 5.74) is 1.42. The highest BCUT2D eigenvalue weighted by molar-refractivity contribution is 5.18. The summed E-state index contributed by atoms with van der Waals surface area (Å²) in [5.74, 6) is 1.97. The predicted octanol–water partition coefficient (Wildman–Crippen LogP) is 3.53. The molecule has 2 aliphatic rings. The van der Waals surface area contributed by atoms with E-state index >= 15 is 0 Å². The van der Waals surface area contributed by atoms with Crippen LogP contribution in [-0.2, 0) is 0 Å². The molecule has 1 unspecified atom stereocenters. The molecule has 0 aromatic heterocycles. The molecule has 0 bridgehead atoms. The van der Waals surface area contributed by atoms with Crippen molar-refractivity contribution in [3.05, 3.63) is 35.9 Å². The zero-order valence-corrected chi connectivity index (χ0v) is 10.0. The highest BCUT2D eigenvalue weighted by Gasteiger charge is 2.41. The molecule has 0 amide bonds. The molecule has 16 heavy (non-hydrogen) atoms. The summed E-state index contributed by atoms with van der Waals surface area (Å²) in [6.45, 7) is 2.30. The van der Waals surface area contributed by atoms with Gasteiger partial charge in [0.05, 0.1) is 0 Å². The fraction of sp³-hybridized carbons (Fsp3) is 0.600. The van der Waals surface area contributed by atoms with Crippen molar-refractivity contribution in [3.8, 4) is 0 Å². The lowest BCUT2D eigenvalue weighted by Crippen LogP contribution is -2.35. The molecule has 1 aromatic carbocycles. The van der Waals surface area contributed by atoms with E-state index in [-0.39, 0.29) is 0 Å².